The number of benzene rings is 2. The summed E-state index contributed by atoms with van der Waals surface area (Å²) in [5.74, 6) is 0.623. The van der Waals surface area contributed by atoms with Crippen molar-refractivity contribution in [1.82, 2.24) is 10.7 Å². The average Bonchev–Trinajstić information content (AvgIpc) is 3.56. The van der Waals surface area contributed by atoms with E-state index in [4.69, 9.17) is 8.83 Å². The molecular formula is C29H27N3O4. The van der Waals surface area contributed by atoms with E-state index in [2.05, 4.69) is 15.8 Å². The third-order valence-corrected chi connectivity index (χ3v) is 6.36. The van der Waals surface area contributed by atoms with Gasteiger partial charge in [-0.25, -0.2) is 5.43 Å². The molecule has 0 atom stereocenters. The van der Waals surface area contributed by atoms with Gasteiger partial charge in [0.25, 0.3) is 11.8 Å². The van der Waals surface area contributed by atoms with Gasteiger partial charge in [-0.3, -0.25) is 9.59 Å². The Labute approximate surface area is 209 Å². The van der Waals surface area contributed by atoms with Crippen LogP contribution in [0.1, 0.15) is 63.1 Å². The number of amides is 2. The fourth-order valence-corrected chi connectivity index (χ4v) is 4.63. The molecule has 182 valence electrons. The molecule has 2 N–H and O–H groups in total. The van der Waals surface area contributed by atoms with Crippen molar-refractivity contribution >= 4 is 17.5 Å². The first-order valence-corrected chi connectivity index (χ1v) is 12.0. The first-order valence-electron chi connectivity index (χ1n) is 12.0. The van der Waals surface area contributed by atoms with E-state index in [9.17, 15) is 9.59 Å². The Morgan fingerprint density at radius 2 is 1.64 bits per heavy atom. The van der Waals surface area contributed by atoms with Gasteiger partial charge in [0.2, 0.25) is 0 Å². The summed E-state index contributed by atoms with van der Waals surface area (Å²) in [5.41, 5.74) is 6.82. The van der Waals surface area contributed by atoms with Crippen molar-refractivity contribution in [2.45, 2.75) is 38.6 Å². The van der Waals surface area contributed by atoms with Gasteiger partial charge < -0.3 is 14.2 Å². The molecule has 0 fully saturated rings. The molecule has 0 aliphatic heterocycles. The molecule has 0 saturated carbocycles. The smallest absolute Gasteiger partial charge is 0.287 e. The Hall–Kier alpha value is -4.39. The normalized spacial score (nSPS) is 14.0. The van der Waals surface area contributed by atoms with E-state index in [-0.39, 0.29) is 24.1 Å². The van der Waals surface area contributed by atoms with Crippen LogP contribution in [-0.4, -0.2) is 17.5 Å². The Bertz CT molecular complexity index is 1330. The molecule has 0 bridgehead atoms. The number of furan rings is 2. The second-order valence-corrected chi connectivity index (χ2v) is 8.76. The van der Waals surface area contributed by atoms with Gasteiger partial charge in [0.05, 0.1) is 24.4 Å². The maximum absolute atomic E-state index is 13.4. The highest BCUT2D eigenvalue weighted by molar-refractivity contribution is 6.06. The van der Waals surface area contributed by atoms with Gasteiger partial charge in [-0.2, -0.15) is 5.10 Å². The number of rotatable bonds is 7. The number of carbonyl (C=O) groups is 2. The minimum absolute atomic E-state index is 0.218. The van der Waals surface area contributed by atoms with Gasteiger partial charge in [-0.1, -0.05) is 60.7 Å². The van der Waals surface area contributed by atoms with E-state index < -0.39 is 5.92 Å². The van der Waals surface area contributed by atoms with Crippen molar-refractivity contribution in [3.8, 4) is 0 Å². The summed E-state index contributed by atoms with van der Waals surface area (Å²) >= 11 is 0. The summed E-state index contributed by atoms with van der Waals surface area (Å²) in [6.45, 7) is 2.12. The summed E-state index contributed by atoms with van der Waals surface area (Å²) in [5, 5.41) is 7.36. The van der Waals surface area contributed by atoms with Crippen LogP contribution in [0.3, 0.4) is 0 Å². The molecule has 2 heterocycles. The zero-order valence-electron chi connectivity index (χ0n) is 20.0. The molecule has 7 heteroatoms. The number of fused-ring (bicyclic) bond motifs is 1. The second kappa shape index (κ2) is 10.5. The van der Waals surface area contributed by atoms with Crippen molar-refractivity contribution in [3.05, 3.63) is 119 Å². The van der Waals surface area contributed by atoms with E-state index in [1.807, 2.05) is 67.6 Å². The lowest BCUT2D eigenvalue weighted by atomic mass is 9.90. The lowest BCUT2D eigenvalue weighted by Gasteiger charge is -2.18. The number of nitrogens with zero attached hydrogens (tertiary/aromatic N) is 1. The number of hydrogen-bond donors (Lipinski definition) is 2. The molecule has 1 aliphatic rings. The fourth-order valence-electron chi connectivity index (χ4n) is 4.63. The fraction of sp³-hybridized carbons (Fsp3) is 0.207. The van der Waals surface area contributed by atoms with E-state index in [1.165, 1.54) is 0 Å². The van der Waals surface area contributed by atoms with Gasteiger partial charge in [0, 0.05) is 17.5 Å². The maximum Gasteiger partial charge on any atom is 0.287 e. The third kappa shape index (κ3) is 4.86. The third-order valence-electron chi connectivity index (χ3n) is 6.36. The van der Waals surface area contributed by atoms with Crippen molar-refractivity contribution < 1.29 is 18.4 Å². The monoisotopic (exact) mass is 481 g/mol. The number of carbonyl (C=O) groups excluding carboxylic acids is 2. The number of hydrazone groups is 1. The summed E-state index contributed by atoms with van der Waals surface area (Å²) in [7, 11) is 0. The molecule has 2 aromatic carbocycles. The molecule has 1 aliphatic carbocycles. The van der Waals surface area contributed by atoms with Crippen LogP contribution in [0.25, 0.3) is 0 Å². The Morgan fingerprint density at radius 3 is 2.28 bits per heavy atom. The molecule has 2 amide bonds. The van der Waals surface area contributed by atoms with Crippen molar-refractivity contribution in [1.29, 1.82) is 0 Å². The molecule has 0 spiro atoms. The zero-order chi connectivity index (χ0) is 24.9. The molecule has 0 unspecified atom stereocenters. The molecule has 7 nitrogen and oxygen atoms in total. The SMILES string of the molecule is Cc1c(C(=O)NCc2ccco2)oc2c1/C(=N/NC(=O)C(c1ccccc1)c1ccccc1)CCC2. The highest BCUT2D eigenvalue weighted by atomic mass is 16.4. The minimum Gasteiger partial charge on any atom is -0.467 e. The Kier molecular flexibility index (Phi) is 6.80. The summed E-state index contributed by atoms with van der Waals surface area (Å²) < 4.78 is 11.2. The summed E-state index contributed by atoms with van der Waals surface area (Å²) in [4.78, 5) is 26.2. The maximum atomic E-state index is 13.4. The average molecular weight is 482 g/mol. The van der Waals surface area contributed by atoms with E-state index >= 15 is 0 Å². The standard InChI is InChI=1S/C29H27N3O4/c1-19-25-23(15-8-16-24(25)36-27(19)29(34)30-18-22-14-9-17-35-22)31-32-28(33)26(20-10-4-2-5-11-20)21-12-6-3-7-13-21/h2-7,9-14,17,26H,8,15-16,18H2,1H3,(H,30,34)(H,32,33)/b31-23+. The number of nitrogens with one attached hydrogen (secondary N) is 2. The van der Waals surface area contributed by atoms with Crippen molar-refractivity contribution in [3.63, 3.8) is 0 Å². The van der Waals surface area contributed by atoms with Gasteiger partial charge in [0.1, 0.15) is 11.5 Å². The van der Waals surface area contributed by atoms with Gasteiger partial charge in [-0.05, 0) is 43.0 Å². The van der Waals surface area contributed by atoms with Crippen LogP contribution in [0.15, 0.2) is 93.0 Å². The minimum atomic E-state index is -0.492. The number of aryl methyl sites for hydroxylation is 1. The predicted molar refractivity (Wildman–Crippen MR) is 136 cm³/mol. The van der Waals surface area contributed by atoms with Crippen LogP contribution in [0.4, 0.5) is 0 Å². The van der Waals surface area contributed by atoms with Crippen LogP contribution in [0, 0.1) is 6.92 Å². The van der Waals surface area contributed by atoms with E-state index in [0.717, 1.165) is 40.1 Å². The Balaban J connectivity index is 1.38. The topological polar surface area (TPSA) is 96.8 Å². The van der Waals surface area contributed by atoms with Crippen molar-refractivity contribution in [2.24, 2.45) is 5.10 Å². The highest BCUT2D eigenvalue weighted by Crippen LogP contribution is 2.30. The lowest BCUT2D eigenvalue weighted by Crippen LogP contribution is -2.28. The van der Waals surface area contributed by atoms with Crippen LogP contribution in [0.5, 0.6) is 0 Å². The van der Waals surface area contributed by atoms with Crippen molar-refractivity contribution in [2.75, 3.05) is 0 Å². The van der Waals surface area contributed by atoms with Crippen LogP contribution in [0.2, 0.25) is 0 Å². The molecule has 2 aromatic heterocycles. The molecule has 0 saturated heterocycles. The number of hydrogen-bond acceptors (Lipinski definition) is 5. The van der Waals surface area contributed by atoms with Crippen LogP contribution < -0.4 is 10.7 Å². The van der Waals surface area contributed by atoms with Gasteiger partial charge >= 0.3 is 0 Å². The summed E-state index contributed by atoms with van der Waals surface area (Å²) in [6, 6.07) is 22.9. The first-order chi connectivity index (χ1) is 17.6. The molecular weight excluding hydrogens is 454 g/mol. The molecule has 5 rings (SSSR count). The van der Waals surface area contributed by atoms with Crippen LogP contribution >= 0.6 is 0 Å². The molecule has 0 radical (unpaired) electrons. The van der Waals surface area contributed by atoms with E-state index in [0.29, 0.717) is 18.6 Å². The molecule has 36 heavy (non-hydrogen) atoms. The second-order valence-electron chi connectivity index (χ2n) is 8.76. The highest BCUT2D eigenvalue weighted by Gasteiger charge is 2.29. The quantitative estimate of drug-likeness (QED) is 0.359. The van der Waals surface area contributed by atoms with Crippen LogP contribution in [-0.2, 0) is 17.8 Å². The van der Waals surface area contributed by atoms with E-state index in [1.54, 1.807) is 18.4 Å². The Morgan fingerprint density at radius 1 is 0.944 bits per heavy atom. The largest absolute Gasteiger partial charge is 0.467 e. The first kappa shape index (κ1) is 23.4. The lowest BCUT2D eigenvalue weighted by molar-refractivity contribution is -0.121. The predicted octanol–water partition coefficient (Wildman–Crippen LogP) is 5.10. The van der Waals surface area contributed by atoms with Gasteiger partial charge in [0.15, 0.2) is 5.76 Å². The molecule has 4 aromatic rings. The van der Waals surface area contributed by atoms with Gasteiger partial charge in [-0.15, -0.1) is 0 Å². The zero-order valence-corrected chi connectivity index (χ0v) is 20.0. The summed E-state index contributed by atoms with van der Waals surface area (Å²) in [6.07, 6.45) is 3.78.